The summed E-state index contributed by atoms with van der Waals surface area (Å²) in [7, 11) is 0. The van der Waals surface area contributed by atoms with Crippen LogP contribution in [0, 0.1) is 12.7 Å². The second-order valence-electron chi connectivity index (χ2n) is 4.27. The largest absolute Gasteiger partial charge is 0.354 e. The molecule has 0 radical (unpaired) electrons. The highest BCUT2D eigenvalue weighted by molar-refractivity contribution is 6.28. The van der Waals surface area contributed by atoms with Crippen LogP contribution in [0.5, 0.6) is 0 Å². The van der Waals surface area contributed by atoms with Gasteiger partial charge in [0.1, 0.15) is 5.82 Å². The van der Waals surface area contributed by atoms with Gasteiger partial charge in [-0.25, -0.2) is 4.39 Å². The topological polar surface area (TPSA) is 62.7 Å². The standard InChI is InChI=1S/C13H15ClFN5/c1-3-6-16-12-18-11(14)19-13(20-12)17-9-5-4-8(2)10(15)7-9/h4-5,7H,3,6H2,1-2H3,(H2,16,17,18,19,20). The Morgan fingerprint density at radius 1 is 1.20 bits per heavy atom. The third-order valence-corrected chi connectivity index (χ3v) is 2.74. The van der Waals surface area contributed by atoms with E-state index in [2.05, 4.69) is 25.6 Å². The number of aromatic nitrogens is 3. The number of halogens is 2. The fourth-order valence-corrected chi connectivity index (χ4v) is 1.68. The van der Waals surface area contributed by atoms with Gasteiger partial charge in [0, 0.05) is 12.2 Å². The summed E-state index contributed by atoms with van der Waals surface area (Å²) in [5.74, 6) is 0.369. The molecule has 20 heavy (non-hydrogen) atoms. The van der Waals surface area contributed by atoms with Crippen LogP contribution in [0.4, 0.5) is 22.0 Å². The molecule has 1 aromatic heterocycles. The highest BCUT2D eigenvalue weighted by atomic mass is 35.5. The number of rotatable bonds is 5. The lowest BCUT2D eigenvalue weighted by Gasteiger charge is -2.08. The van der Waals surface area contributed by atoms with Crippen LogP contribution >= 0.6 is 11.6 Å². The van der Waals surface area contributed by atoms with E-state index in [1.54, 1.807) is 19.1 Å². The minimum absolute atomic E-state index is 0.0775. The van der Waals surface area contributed by atoms with Gasteiger partial charge in [0.15, 0.2) is 0 Å². The lowest BCUT2D eigenvalue weighted by Crippen LogP contribution is -2.07. The maximum absolute atomic E-state index is 13.5. The molecule has 0 bridgehead atoms. The van der Waals surface area contributed by atoms with Crippen LogP contribution in [0.2, 0.25) is 5.28 Å². The van der Waals surface area contributed by atoms with Crippen LogP contribution in [-0.4, -0.2) is 21.5 Å². The Hall–Kier alpha value is -1.95. The summed E-state index contributed by atoms with van der Waals surface area (Å²) in [5.41, 5.74) is 1.13. The van der Waals surface area contributed by atoms with Crippen molar-refractivity contribution < 1.29 is 4.39 Å². The number of nitrogens with zero attached hydrogens (tertiary/aromatic N) is 3. The second kappa shape index (κ2) is 6.47. The molecule has 0 atom stereocenters. The van der Waals surface area contributed by atoms with Crippen molar-refractivity contribution in [2.24, 2.45) is 0 Å². The van der Waals surface area contributed by atoms with Crippen LogP contribution in [0.1, 0.15) is 18.9 Å². The fraction of sp³-hybridized carbons (Fsp3) is 0.308. The van der Waals surface area contributed by atoms with E-state index < -0.39 is 0 Å². The van der Waals surface area contributed by atoms with Crippen LogP contribution in [0.15, 0.2) is 18.2 Å². The second-order valence-corrected chi connectivity index (χ2v) is 4.61. The van der Waals surface area contributed by atoms with Crippen LogP contribution < -0.4 is 10.6 Å². The van der Waals surface area contributed by atoms with E-state index in [9.17, 15) is 4.39 Å². The van der Waals surface area contributed by atoms with E-state index in [4.69, 9.17) is 11.6 Å². The zero-order valence-corrected chi connectivity index (χ0v) is 12.0. The normalized spacial score (nSPS) is 10.4. The van der Waals surface area contributed by atoms with Crippen molar-refractivity contribution in [2.75, 3.05) is 17.2 Å². The monoisotopic (exact) mass is 295 g/mol. The first-order valence-electron chi connectivity index (χ1n) is 6.27. The molecule has 7 heteroatoms. The van der Waals surface area contributed by atoms with Crippen molar-refractivity contribution >= 4 is 29.2 Å². The van der Waals surface area contributed by atoms with Crippen molar-refractivity contribution in [3.8, 4) is 0 Å². The maximum Gasteiger partial charge on any atom is 0.233 e. The Morgan fingerprint density at radius 2 is 1.95 bits per heavy atom. The number of nitrogens with one attached hydrogen (secondary N) is 2. The van der Waals surface area contributed by atoms with Gasteiger partial charge >= 0.3 is 0 Å². The maximum atomic E-state index is 13.5. The van der Waals surface area contributed by atoms with Crippen LogP contribution in [-0.2, 0) is 0 Å². The summed E-state index contributed by atoms with van der Waals surface area (Å²) in [4.78, 5) is 12.1. The molecule has 0 spiro atoms. The molecule has 2 aromatic rings. The Labute approximate surface area is 121 Å². The van der Waals surface area contributed by atoms with E-state index in [0.29, 0.717) is 17.2 Å². The Morgan fingerprint density at radius 3 is 2.65 bits per heavy atom. The van der Waals surface area contributed by atoms with E-state index in [1.165, 1.54) is 6.07 Å². The van der Waals surface area contributed by atoms with E-state index >= 15 is 0 Å². The molecular weight excluding hydrogens is 281 g/mol. The van der Waals surface area contributed by atoms with E-state index in [-0.39, 0.29) is 17.0 Å². The van der Waals surface area contributed by atoms with Crippen LogP contribution in [0.25, 0.3) is 0 Å². The van der Waals surface area contributed by atoms with Gasteiger partial charge in [0.2, 0.25) is 17.2 Å². The smallest absolute Gasteiger partial charge is 0.233 e. The summed E-state index contributed by atoms with van der Waals surface area (Å²) in [6, 6.07) is 4.80. The molecule has 0 amide bonds. The summed E-state index contributed by atoms with van der Waals surface area (Å²) in [6.45, 7) is 4.47. The molecule has 0 saturated carbocycles. The van der Waals surface area contributed by atoms with Gasteiger partial charge in [-0.05, 0) is 42.6 Å². The molecule has 0 saturated heterocycles. The minimum Gasteiger partial charge on any atom is -0.354 e. The van der Waals surface area contributed by atoms with Gasteiger partial charge in [0.05, 0.1) is 0 Å². The number of benzene rings is 1. The van der Waals surface area contributed by atoms with Crippen molar-refractivity contribution in [3.05, 3.63) is 34.9 Å². The summed E-state index contributed by atoms with van der Waals surface area (Å²) < 4.78 is 13.5. The molecule has 0 aliphatic carbocycles. The third kappa shape index (κ3) is 3.77. The van der Waals surface area contributed by atoms with Gasteiger partial charge in [0.25, 0.3) is 0 Å². The quantitative estimate of drug-likeness (QED) is 0.883. The van der Waals surface area contributed by atoms with Gasteiger partial charge in [-0.1, -0.05) is 13.0 Å². The van der Waals surface area contributed by atoms with Crippen molar-refractivity contribution in [1.82, 2.24) is 15.0 Å². The lowest BCUT2D eigenvalue weighted by molar-refractivity contribution is 0.619. The average molecular weight is 296 g/mol. The van der Waals surface area contributed by atoms with Gasteiger partial charge in [-0.3, -0.25) is 0 Å². The highest BCUT2D eigenvalue weighted by Crippen LogP contribution is 2.18. The Kier molecular flexibility index (Phi) is 4.68. The first-order valence-corrected chi connectivity index (χ1v) is 6.65. The first-order chi connectivity index (χ1) is 9.58. The molecule has 2 N–H and O–H groups in total. The highest BCUT2D eigenvalue weighted by Gasteiger charge is 2.06. The third-order valence-electron chi connectivity index (χ3n) is 2.57. The van der Waals surface area contributed by atoms with E-state index in [1.807, 2.05) is 6.92 Å². The Balaban J connectivity index is 2.19. The van der Waals surface area contributed by atoms with Crippen molar-refractivity contribution in [1.29, 1.82) is 0 Å². The van der Waals surface area contributed by atoms with Crippen molar-refractivity contribution in [3.63, 3.8) is 0 Å². The van der Waals surface area contributed by atoms with E-state index in [0.717, 1.165) is 13.0 Å². The van der Waals surface area contributed by atoms with Gasteiger partial charge < -0.3 is 10.6 Å². The number of anilines is 3. The molecule has 1 heterocycles. The number of hydrogen-bond acceptors (Lipinski definition) is 5. The molecule has 0 aliphatic rings. The molecular formula is C13H15ClFN5. The molecule has 0 unspecified atom stereocenters. The zero-order chi connectivity index (χ0) is 14.5. The van der Waals surface area contributed by atoms with Crippen molar-refractivity contribution in [2.45, 2.75) is 20.3 Å². The van der Waals surface area contributed by atoms with Crippen LogP contribution in [0.3, 0.4) is 0 Å². The van der Waals surface area contributed by atoms with Gasteiger partial charge in [-0.15, -0.1) is 0 Å². The molecule has 0 fully saturated rings. The van der Waals surface area contributed by atoms with Gasteiger partial charge in [-0.2, -0.15) is 15.0 Å². The molecule has 1 aromatic carbocycles. The molecule has 0 aliphatic heterocycles. The SMILES string of the molecule is CCCNc1nc(Cl)nc(Nc2ccc(C)c(F)c2)n1. The number of hydrogen-bond donors (Lipinski definition) is 2. The predicted molar refractivity (Wildman–Crippen MR) is 78.0 cm³/mol. The molecule has 2 rings (SSSR count). The number of aryl methyl sites for hydroxylation is 1. The summed E-state index contributed by atoms with van der Waals surface area (Å²) >= 11 is 5.84. The summed E-state index contributed by atoms with van der Waals surface area (Å²) in [6.07, 6.45) is 0.940. The average Bonchev–Trinajstić information content (AvgIpc) is 2.40. The lowest BCUT2D eigenvalue weighted by atomic mass is 10.2. The first kappa shape index (κ1) is 14.5. The Bertz CT molecular complexity index is 605. The minimum atomic E-state index is -0.292. The molecule has 5 nitrogen and oxygen atoms in total. The summed E-state index contributed by atoms with van der Waals surface area (Å²) in [5, 5.41) is 6.00. The fourth-order valence-electron chi connectivity index (χ4n) is 1.52. The predicted octanol–water partition coefficient (Wildman–Crippen LogP) is 3.54. The molecule has 106 valence electrons. The zero-order valence-electron chi connectivity index (χ0n) is 11.2.